The zero-order chi connectivity index (χ0) is 14.9. The number of benzene rings is 2. The number of amides is 1. The maximum atomic E-state index is 12.5. The molecule has 0 aliphatic heterocycles. The first kappa shape index (κ1) is 14.1. The average Bonchev–Trinajstić information content (AvgIpc) is 2.42. The van der Waals surface area contributed by atoms with E-state index in [4.69, 9.17) is 5.73 Å². The van der Waals surface area contributed by atoms with E-state index in [0.717, 1.165) is 27.9 Å². The Morgan fingerprint density at radius 1 is 0.950 bits per heavy atom. The summed E-state index contributed by atoms with van der Waals surface area (Å²) in [6, 6.07) is 9.52. The molecular weight excluding hydrogens is 248 g/mol. The Bertz CT molecular complexity index is 675. The van der Waals surface area contributed by atoms with Crippen LogP contribution < -0.4 is 11.1 Å². The van der Waals surface area contributed by atoms with E-state index in [1.54, 1.807) is 0 Å². The molecule has 0 aliphatic carbocycles. The fourth-order valence-electron chi connectivity index (χ4n) is 2.23. The molecule has 1 amide bonds. The van der Waals surface area contributed by atoms with Crippen molar-refractivity contribution in [2.75, 3.05) is 11.1 Å². The summed E-state index contributed by atoms with van der Waals surface area (Å²) in [7, 11) is 0. The van der Waals surface area contributed by atoms with E-state index in [-0.39, 0.29) is 5.91 Å². The number of aryl methyl sites for hydroxylation is 2. The van der Waals surface area contributed by atoms with Crippen molar-refractivity contribution in [3.05, 3.63) is 58.1 Å². The largest absolute Gasteiger partial charge is 0.398 e. The Balaban J connectivity index is 2.38. The van der Waals surface area contributed by atoms with E-state index in [1.807, 2.05) is 58.0 Å². The van der Waals surface area contributed by atoms with E-state index in [2.05, 4.69) is 5.32 Å². The van der Waals surface area contributed by atoms with Gasteiger partial charge in [0.15, 0.2) is 0 Å². The number of carbonyl (C=O) groups is 1. The fraction of sp³-hybridized carbons (Fsp3) is 0.235. The van der Waals surface area contributed by atoms with Gasteiger partial charge in [-0.05, 0) is 62.1 Å². The maximum absolute atomic E-state index is 12.5. The van der Waals surface area contributed by atoms with Gasteiger partial charge in [0.1, 0.15) is 0 Å². The first-order chi connectivity index (χ1) is 9.41. The molecule has 2 aromatic rings. The zero-order valence-electron chi connectivity index (χ0n) is 12.4. The first-order valence-electron chi connectivity index (χ1n) is 6.65. The minimum Gasteiger partial charge on any atom is -0.398 e. The molecule has 0 aromatic heterocycles. The van der Waals surface area contributed by atoms with Crippen LogP contribution in [0.3, 0.4) is 0 Å². The summed E-state index contributed by atoms with van der Waals surface area (Å²) in [4.78, 5) is 12.5. The molecule has 0 fully saturated rings. The van der Waals surface area contributed by atoms with Crippen molar-refractivity contribution in [3.63, 3.8) is 0 Å². The lowest BCUT2D eigenvalue weighted by Gasteiger charge is -2.15. The Hall–Kier alpha value is -2.29. The highest BCUT2D eigenvalue weighted by atomic mass is 16.1. The van der Waals surface area contributed by atoms with Crippen LogP contribution in [0, 0.1) is 27.7 Å². The Morgan fingerprint density at radius 3 is 2.35 bits per heavy atom. The summed E-state index contributed by atoms with van der Waals surface area (Å²) in [5, 5.41) is 2.98. The van der Waals surface area contributed by atoms with Gasteiger partial charge >= 0.3 is 0 Å². The van der Waals surface area contributed by atoms with Gasteiger partial charge in [-0.25, -0.2) is 0 Å². The minimum atomic E-state index is -0.0944. The number of nitrogens with one attached hydrogen (secondary N) is 1. The molecule has 3 nitrogen and oxygen atoms in total. The van der Waals surface area contributed by atoms with Gasteiger partial charge in [0.2, 0.25) is 0 Å². The van der Waals surface area contributed by atoms with Crippen LogP contribution in [0.2, 0.25) is 0 Å². The highest BCUT2D eigenvalue weighted by Crippen LogP contribution is 2.26. The normalized spacial score (nSPS) is 10.4. The SMILES string of the molecule is Cc1cccc(C(=O)Nc2c(C)ccc(N)c2C)c1C. The maximum Gasteiger partial charge on any atom is 0.255 e. The molecule has 0 unspecified atom stereocenters. The first-order valence-corrected chi connectivity index (χ1v) is 6.65. The number of nitrogen functional groups attached to an aromatic ring is 1. The van der Waals surface area contributed by atoms with Gasteiger partial charge in [0, 0.05) is 16.9 Å². The molecule has 0 atom stereocenters. The fourth-order valence-corrected chi connectivity index (χ4v) is 2.23. The van der Waals surface area contributed by atoms with Crippen LogP contribution >= 0.6 is 0 Å². The van der Waals surface area contributed by atoms with E-state index in [1.165, 1.54) is 0 Å². The number of anilines is 2. The van der Waals surface area contributed by atoms with Crippen molar-refractivity contribution in [2.24, 2.45) is 0 Å². The molecule has 2 aromatic carbocycles. The monoisotopic (exact) mass is 268 g/mol. The number of rotatable bonds is 2. The summed E-state index contributed by atoms with van der Waals surface area (Å²) < 4.78 is 0. The molecule has 0 spiro atoms. The van der Waals surface area contributed by atoms with E-state index in [0.29, 0.717) is 11.3 Å². The smallest absolute Gasteiger partial charge is 0.255 e. The van der Waals surface area contributed by atoms with Crippen molar-refractivity contribution >= 4 is 17.3 Å². The number of carbonyl (C=O) groups excluding carboxylic acids is 1. The summed E-state index contributed by atoms with van der Waals surface area (Å²) in [6.07, 6.45) is 0. The predicted molar refractivity (Wildman–Crippen MR) is 84.2 cm³/mol. The van der Waals surface area contributed by atoms with Crippen LogP contribution in [0.4, 0.5) is 11.4 Å². The second-order valence-corrected chi connectivity index (χ2v) is 5.17. The topological polar surface area (TPSA) is 55.1 Å². The molecular formula is C17H20N2O. The summed E-state index contributed by atoms with van der Waals surface area (Å²) in [5.74, 6) is -0.0944. The third-order valence-electron chi connectivity index (χ3n) is 3.80. The summed E-state index contributed by atoms with van der Waals surface area (Å²) >= 11 is 0. The summed E-state index contributed by atoms with van der Waals surface area (Å²) in [6.45, 7) is 7.85. The van der Waals surface area contributed by atoms with Crippen LogP contribution in [0.25, 0.3) is 0 Å². The summed E-state index contributed by atoms with van der Waals surface area (Å²) in [5.41, 5.74) is 12.1. The third-order valence-corrected chi connectivity index (χ3v) is 3.80. The van der Waals surface area contributed by atoms with Crippen LogP contribution in [0.15, 0.2) is 30.3 Å². The predicted octanol–water partition coefficient (Wildman–Crippen LogP) is 3.75. The molecule has 0 heterocycles. The van der Waals surface area contributed by atoms with Crippen molar-refractivity contribution in [2.45, 2.75) is 27.7 Å². The van der Waals surface area contributed by atoms with Crippen molar-refractivity contribution in [1.82, 2.24) is 0 Å². The highest BCUT2D eigenvalue weighted by molar-refractivity contribution is 6.06. The molecule has 0 aliphatic rings. The van der Waals surface area contributed by atoms with Crippen LogP contribution in [-0.4, -0.2) is 5.91 Å². The van der Waals surface area contributed by atoms with Gasteiger partial charge in [0.05, 0.1) is 0 Å². The molecule has 0 saturated carbocycles. The lowest BCUT2D eigenvalue weighted by Crippen LogP contribution is -2.16. The van der Waals surface area contributed by atoms with Crippen molar-refractivity contribution in [1.29, 1.82) is 0 Å². The Labute approximate surface area is 119 Å². The van der Waals surface area contributed by atoms with E-state index < -0.39 is 0 Å². The molecule has 3 heteroatoms. The van der Waals surface area contributed by atoms with Crippen molar-refractivity contribution < 1.29 is 4.79 Å². The molecule has 104 valence electrons. The lowest BCUT2D eigenvalue weighted by molar-refractivity contribution is 0.102. The number of hydrogen-bond donors (Lipinski definition) is 2. The molecule has 0 saturated heterocycles. The van der Waals surface area contributed by atoms with Gasteiger partial charge in [-0.2, -0.15) is 0 Å². The van der Waals surface area contributed by atoms with E-state index in [9.17, 15) is 4.79 Å². The quantitative estimate of drug-likeness (QED) is 0.815. The standard InChI is InChI=1S/C17H20N2O/c1-10-6-5-7-14(12(10)3)17(20)19-16-11(2)8-9-15(18)13(16)4/h5-9H,18H2,1-4H3,(H,19,20). The van der Waals surface area contributed by atoms with Gasteiger partial charge in [-0.15, -0.1) is 0 Å². The minimum absolute atomic E-state index is 0.0944. The number of nitrogens with two attached hydrogens (primary N) is 1. The second kappa shape index (κ2) is 5.37. The molecule has 20 heavy (non-hydrogen) atoms. The zero-order valence-corrected chi connectivity index (χ0v) is 12.4. The number of hydrogen-bond acceptors (Lipinski definition) is 2. The van der Waals surface area contributed by atoms with Gasteiger partial charge < -0.3 is 11.1 Å². The van der Waals surface area contributed by atoms with Crippen LogP contribution in [0.5, 0.6) is 0 Å². The Morgan fingerprint density at radius 2 is 1.65 bits per heavy atom. The lowest BCUT2D eigenvalue weighted by atomic mass is 10.0. The molecule has 2 rings (SSSR count). The second-order valence-electron chi connectivity index (χ2n) is 5.17. The van der Waals surface area contributed by atoms with E-state index >= 15 is 0 Å². The Kier molecular flexibility index (Phi) is 3.79. The van der Waals surface area contributed by atoms with Crippen molar-refractivity contribution in [3.8, 4) is 0 Å². The molecule has 0 bridgehead atoms. The average molecular weight is 268 g/mol. The van der Waals surface area contributed by atoms with Crippen LogP contribution in [-0.2, 0) is 0 Å². The van der Waals surface area contributed by atoms with Gasteiger partial charge in [-0.3, -0.25) is 4.79 Å². The van der Waals surface area contributed by atoms with Gasteiger partial charge in [-0.1, -0.05) is 18.2 Å². The highest BCUT2D eigenvalue weighted by Gasteiger charge is 2.13. The molecule has 0 radical (unpaired) electrons. The third kappa shape index (κ3) is 2.52. The van der Waals surface area contributed by atoms with Crippen LogP contribution in [0.1, 0.15) is 32.6 Å². The van der Waals surface area contributed by atoms with Gasteiger partial charge in [0.25, 0.3) is 5.91 Å². The molecule has 3 N–H and O–H groups in total.